The second-order valence-electron chi connectivity index (χ2n) is 4.74. The number of thiophene rings is 1. The van der Waals surface area contributed by atoms with Crippen LogP contribution in [-0.4, -0.2) is 18.3 Å². The summed E-state index contributed by atoms with van der Waals surface area (Å²) in [6.45, 7) is 2.19. The zero-order valence-electron chi connectivity index (χ0n) is 11.5. The number of hydrogen-bond acceptors (Lipinski definition) is 3. The Morgan fingerprint density at radius 1 is 1.20 bits per heavy atom. The highest BCUT2D eigenvalue weighted by Crippen LogP contribution is 2.37. The van der Waals surface area contributed by atoms with Crippen LogP contribution in [0, 0.1) is 6.92 Å². The Balaban J connectivity index is 0.00000147. The molecule has 104 valence electrons. The smallest absolute Gasteiger partial charge is 0.0910 e. The summed E-state index contributed by atoms with van der Waals surface area (Å²) in [6, 6.07) is 13.1. The van der Waals surface area contributed by atoms with Crippen LogP contribution in [0.5, 0.6) is 0 Å². The van der Waals surface area contributed by atoms with E-state index in [-0.39, 0.29) is 12.4 Å². The number of likely N-dealkylation sites (N-methyl/N-ethyl adjacent to an activating group) is 1. The second-order valence-corrected chi connectivity index (χ2v) is 5.82. The highest BCUT2D eigenvalue weighted by atomic mass is 35.5. The molecule has 3 rings (SSSR count). The van der Waals surface area contributed by atoms with Gasteiger partial charge in [-0.1, -0.05) is 30.3 Å². The van der Waals surface area contributed by atoms with Crippen molar-refractivity contribution in [2.75, 3.05) is 7.05 Å². The maximum atomic E-state index is 4.15. The molecule has 0 amide bonds. The minimum atomic E-state index is 0. The first-order chi connectivity index (χ1) is 9.25. The Bertz CT molecular complexity index is 631. The number of benzene rings is 1. The van der Waals surface area contributed by atoms with Gasteiger partial charge in [0.1, 0.15) is 0 Å². The zero-order chi connectivity index (χ0) is 13.2. The minimum Gasteiger partial charge on any atom is -0.354 e. The molecule has 1 aromatic heterocycles. The molecule has 0 fully saturated rings. The molecule has 0 saturated carbocycles. The molecule has 0 bridgehead atoms. The van der Waals surface area contributed by atoms with E-state index in [0.717, 1.165) is 0 Å². The predicted octanol–water partition coefficient (Wildman–Crippen LogP) is 4.67. The van der Waals surface area contributed by atoms with Gasteiger partial charge in [0.2, 0.25) is 0 Å². The summed E-state index contributed by atoms with van der Waals surface area (Å²) in [5.41, 5.74) is 2.64. The highest BCUT2D eigenvalue weighted by molar-refractivity contribution is 7.15. The first-order valence-electron chi connectivity index (χ1n) is 6.33. The Kier molecular flexibility index (Phi) is 4.63. The van der Waals surface area contributed by atoms with Crippen molar-refractivity contribution in [1.29, 1.82) is 0 Å². The number of halogens is 1. The Morgan fingerprint density at radius 2 is 1.95 bits per heavy atom. The molecular weight excluding hydrogens is 288 g/mol. The number of nitrogens with zero attached hydrogens (tertiary/aromatic N) is 2. The molecule has 1 aromatic carbocycles. The van der Waals surface area contributed by atoms with Crippen LogP contribution >= 0.6 is 23.7 Å². The lowest BCUT2D eigenvalue weighted by molar-refractivity contribution is 0.450. The number of aryl methyl sites for hydroxylation is 1. The van der Waals surface area contributed by atoms with E-state index >= 15 is 0 Å². The largest absolute Gasteiger partial charge is 0.354 e. The van der Waals surface area contributed by atoms with Gasteiger partial charge in [-0.25, -0.2) is 4.99 Å². The van der Waals surface area contributed by atoms with Crippen molar-refractivity contribution < 1.29 is 0 Å². The maximum Gasteiger partial charge on any atom is 0.0910 e. The monoisotopic (exact) mass is 304 g/mol. The third-order valence-electron chi connectivity index (χ3n) is 3.33. The highest BCUT2D eigenvalue weighted by Gasteiger charge is 2.19. The van der Waals surface area contributed by atoms with Crippen molar-refractivity contribution in [2.45, 2.75) is 13.0 Å². The van der Waals surface area contributed by atoms with Gasteiger partial charge in [0.25, 0.3) is 0 Å². The lowest BCUT2D eigenvalue weighted by Crippen LogP contribution is -2.22. The summed E-state index contributed by atoms with van der Waals surface area (Å²) in [6.07, 6.45) is 5.91. The molecular formula is C16H17ClN2S. The zero-order valence-corrected chi connectivity index (χ0v) is 13.1. The van der Waals surface area contributed by atoms with Gasteiger partial charge in [-0.2, -0.15) is 0 Å². The first kappa shape index (κ1) is 14.8. The van der Waals surface area contributed by atoms with Crippen LogP contribution in [0.15, 0.2) is 53.7 Å². The van der Waals surface area contributed by atoms with E-state index in [9.17, 15) is 0 Å². The quantitative estimate of drug-likeness (QED) is 0.787. The summed E-state index contributed by atoms with van der Waals surface area (Å²) in [7, 11) is 2.07. The van der Waals surface area contributed by atoms with Crippen LogP contribution in [0.2, 0.25) is 0 Å². The van der Waals surface area contributed by atoms with E-state index in [1.165, 1.54) is 20.9 Å². The summed E-state index contributed by atoms with van der Waals surface area (Å²) >= 11 is 1.87. The van der Waals surface area contributed by atoms with Crippen LogP contribution in [0.1, 0.15) is 16.5 Å². The van der Waals surface area contributed by atoms with Crippen molar-refractivity contribution in [1.82, 2.24) is 4.90 Å². The third-order valence-corrected chi connectivity index (χ3v) is 4.68. The minimum absolute atomic E-state index is 0. The lowest BCUT2D eigenvalue weighted by Gasteiger charge is -2.24. The van der Waals surface area contributed by atoms with Crippen molar-refractivity contribution in [3.8, 4) is 10.4 Å². The number of hydrogen-bond donors (Lipinski definition) is 0. The second kappa shape index (κ2) is 6.25. The van der Waals surface area contributed by atoms with Crippen LogP contribution in [-0.2, 0) is 0 Å². The van der Waals surface area contributed by atoms with E-state index in [0.29, 0.717) is 6.04 Å². The maximum absolute atomic E-state index is 4.15. The van der Waals surface area contributed by atoms with Gasteiger partial charge in [-0.05, 0) is 30.2 Å². The summed E-state index contributed by atoms with van der Waals surface area (Å²) in [5.74, 6) is 0. The van der Waals surface area contributed by atoms with Gasteiger partial charge in [-0.3, -0.25) is 0 Å². The molecule has 0 N–H and O–H groups in total. The van der Waals surface area contributed by atoms with Crippen LogP contribution in [0.4, 0.5) is 0 Å². The molecule has 0 spiro atoms. The predicted molar refractivity (Wildman–Crippen MR) is 89.9 cm³/mol. The topological polar surface area (TPSA) is 15.6 Å². The summed E-state index contributed by atoms with van der Waals surface area (Å²) in [4.78, 5) is 9.02. The van der Waals surface area contributed by atoms with E-state index < -0.39 is 0 Å². The Morgan fingerprint density at radius 3 is 2.65 bits per heavy atom. The van der Waals surface area contributed by atoms with Crippen LogP contribution in [0.25, 0.3) is 10.4 Å². The Labute approximate surface area is 129 Å². The van der Waals surface area contributed by atoms with Crippen molar-refractivity contribution in [2.24, 2.45) is 4.99 Å². The van der Waals surface area contributed by atoms with E-state index in [4.69, 9.17) is 0 Å². The van der Waals surface area contributed by atoms with Gasteiger partial charge < -0.3 is 4.90 Å². The molecule has 20 heavy (non-hydrogen) atoms. The standard InChI is InChI=1S/C16H16N2S.ClH/c1-12-10-15(13-6-4-3-5-7-13)19-16(12)14-8-9-17-11-18(14)2;/h3-11,14H,1-2H3;1H. The lowest BCUT2D eigenvalue weighted by atomic mass is 10.1. The molecule has 1 aliphatic heterocycles. The van der Waals surface area contributed by atoms with Crippen molar-refractivity contribution in [3.05, 3.63) is 59.1 Å². The molecule has 4 heteroatoms. The van der Waals surface area contributed by atoms with Gasteiger partial charge in [-0.15, -0.1) is 23.7 Å². The first-order valence-corrected chi connectivity index (χ1v) is 7.15. The van der Waals surface area contributed by atoms with E-state index in [1.54, 1.807) is 0 Å². The van der Waals surface area contributed by atoms with Gasteiger partial charge >= 0.3 is 0 Å². The third kappa shape index (κ3) is 2.79. The molecule has 2 heterocycles. The Hall–Kier alpha value is -1.58. The van der Waals surface area contributed by atoms with E-state index in [2.05, 4.69) is 66.3 Å². The molecule has 0 aliphatic carbocycles. The van der Waals surface area contributed by atoms with Gasteiger partial charge in [0.05, 0.1) is 12.4 Å². The SMILES string of the molecule is Cc1cc(-c2ccccc2)sc1C1C=CN=CN1C.Cl. The molecule has 1 aliphatic rings. The molecule has 2 nitrogen and oxygen atoms in total. The van der Waals surface area contributed by atoms with Gasteiger partial charge in [0, 0.05) is 23.0 Å². The molecule has 0 saturated heterocycles. The average molecular weight is 305 g/mol. The normalized spacial score (nSPS) is 17.1. The fourth-order valence-corrected chi connectivity index (χ4v) is 3.60. The molecule has 2 aromatic rings. The van der Waals surface area contributed by atoms with Gasteiger partial charge in [0.15, 0.2) is 0 Å². The van der Waals surface area contributed by atoms with E-state index in [1.807, 2.05) is 23.9 Å². The fraction of sp³-hybridized carbons (Fsp3) is 0.188. The molecule has 0 radical (unpaired) electrons. The van der Waals surface area contributed by atoms with Crippen LogP contribution in [0.3, 0.4) is 0 Å². The van der Waals surface area contributed by atoms with Crippen molar-refractivity contribution >= 4 is 30.1 Å². The molecule has 1 unspecified atom stereocenters. The summed E-state index contributed by atoms with van der Waals surface area (Å²) < 4.78 is 0. The number of aliphatic imine (C=N–C) groups is 1. The summed E-state index contributed by atoms with van der Waals surface area (Å²) in [5, 5.41) is 0. The van der Waals surface area contributed by atoms with Crippen LogP contribution < -0.4 is 0 Å². The average Bonchev–Trinajstić information content (AvgIpc) is 2.82. The van der Waals surface area contributed by atoms with Crippen molar-refractivity contribution in [3.63, 3.8) is 0 Å². The fourth-order valence-electron chi connectivity index (χ4n) is 2.29. The molecule has 1 atom stereocenters. The number of rotatable bonds is 2.